The van der Waals surface area contributed by atoms with Gasteiger partial charge in [0.25, 0.3) is 5.91 Å². The van der Waals surface area contributed by atoms with E-state index in [0.717, 1.165) is 28.3 Å². The number of thiazole rings is 1. The maximum atomic E-state index is 12.7. The number of anilines is 2. The number of carboxylic acids is 2. The highest BCUT2D eigenvalue weighted by Gasteiger charge is 2.20. The molecule has 0 fully saturated rings. The van der Waals surface area contributed by atoms with Crippen LogP contribution >= 0.6 is 34.7 Å². The van der Waals surface area contributed by atoms with Gasteiger partial charge in [-0.3, -0.25) is 9.59 Å². The molecule has 0 radical (unpaired) electrons. The Labute approximate surface area is 235 Å². The lowest BCUT2D eigenvalue weighted by Gasteiger charge is -2.12. The number of thioether (sulfide) groups is 1. The molecule has 0 aliphatic rings. The van der Waals surface area contributed by atoms with Crippen molar-refractivity contribution in [2.24, 2.45) is 0 Å². The number of hydrogen-bond acceptors (Lipinski definition) is 7. The molecule has 0 spiro atoms. The van der Waals surface area contributed by atoms with Crippen LogP contribution in [0.1, 0.15) is 38.0 Å². The average molecular weight is 582 g/mol. The molecule has 0 aliphatic carbocycles. The molecule has 39 heavy (non-hydrogen) atoms. The van der Waals surface area contributed by atoms with Gasteiger partial charge in [0.15, 0.2) is 5.13 Å². The number of amides is 2. The van der Waals surface area contributed by atoms with Gasteiger partial charge in [-0.15, -0.1) is 23.1 Å². The van der Waals surface area contributed by atoms with Crippen LogP contribution in [0, 0.1) is 0 Å². The molecular weight excluding hydrogens is 562 g/mol. The Morgan fingerprint density at radius 3 is 2.23 bits per heavy atom. The van der Waals surface area contributed by atoms with E-state index < -0.39 is 28.7 Å². The molecule has 9 nitrogen and oxygen atoms in total. The second-order valence-corrected chi connectivity index (χ2v) is 10.9. The first-order chi connectivity index (χ1) is 18.6. The van der Waals surface area contributed by atoms with Crippen molar-refractivity contribution in [2.45, 2.75) is 17.1 Å². The zero-order valence-electron chi connectivity index (χ0n) is 20.2. The predicted octanol–water partition coefficient (Wildman–Crippen LogP) is 6.23. The van der Waals surface area contributed by atoms with Crippen LogP contribution < -0.4 is 10.6 Å². The Balaban J connectivity index is 1.35. The molecule has 1 unspecified atom stereocenters. The molecule has 4 N–H and O–H groups in total. The molecule has 198 valence electrons. The minimum absolute atomic E-state index is 0.169. The van der Waals surface area contributed by atoms with Crippen LogP contribution in [0.4, 0.5) is 10.8 Å². The maximum absolute atomic E-state index is 12.7. The van der Waals surface area contributed by atoms with E-state index in [1.807, 2.05) is 17.5 Å². The Morgan fingerprint density at radius 2 is 1.59 bits per heavy atom. The van der Waals surface area contributed by atoms with Gasteiger partial charge in [-0.05, 0) is 61.5 Å². The highest BCUT2D eigenvalue weighted by molar-refractivity contribution is 8.00. The van der Waals surface area contributed by atoms with Crippen LogP contribution in [0.3, 0.4) is 0 Å². The fourth-order valence-corrected chi connectivity index (χ4v) is 5.13. The minimum atomic E-state index is -1.42. The lowest BCUT2D eigenvalue weighted by atomic mass is 10.0. The van der Waals surface area contributed by atoms with Gasteiger partial charge in [0, 0.05) is 26.5 Å². The first-order valence-corrected chi connectivity index (χ1v) is 13.5. The monoisotopic (exact) mass is 581 g/mol. The zero-order valence-corrected chi connectivity index (χ0v) is 22.6. The molecule has 4 aromatic rings. The van der Waals surface area contributed by atoms with E-state index in [9.17, 15) is 24.3 Å². The maximum Gasteiger partial charge on any atom is 0.336 e. The van der Waals surface area contributed by atoms with Crippen LogP contribution in [0.25, 0.3) is 11.3 Å². The van der Waals surface area contributed by atoms with Gasteiger partial charge in [0.1, 0.15) is 0 Å². The Morgan fingerprint density at radius 1 is 0.897 bits per heavy atom. The van der Waals surface area contributed by atoms with Crippen LogP contribution in [-0.2, 0) is 4.79 Å². The number of rotatable bonds is 9. The summed E-state index contributed by atoms with van der Waals surface area (Å²) in [5.74, 6) is -3.63. The summed E-state index contributed by atoms with van der Waals surface area (Å²) < 4.78 is 0. The second-order valence-electron chi connectivity index (χ2n) is 8.14. The van der Waals surface area contributed by atoms with Crippen LogP contribution in [-0.4, -0.2) is 44.2 Å². The predicted molar refractivity (Wildman–Crippen MR) is 151 cm³/mol. The highest BCUT2D eigenvalue weighted by Crippen LogP contribution is 2.29. The number of aromatic nitrogens is 1. The van der Waals surface area contributed by atoms with E-state index in [1.54, 1.807) is 43.3 Å². The lowest BCUT2D eigenvalue weighted by molar-refractivity contribution is -0.115. The quantitative estimate of drug-likeness (QED) is 0.170. The van der Waals surface area contributed by atoms with E-state index in [2.05, 4.69) is 15.6 Å². The van der Waals surface area contributed by atoms with Crippen molar-refractivity contribution in [3.05, 3.63) is 93.8 Å². The van der Waals surface area contributed by atoms with Gasteiger partial charge in [-0.1, -0.05) is 23.7 Å². The molecule has 0 bridgehead atoms. The first-order valence-electron chi connectivity index (χ1n) is 11.3. The van der Waals surface area contributed by atoms with E-state index >= 15 is 0 Å². The van der Waals surface area contributed by atoms with Gasteiger partial charge < -0.3 is 20.8 Å². The number of aromatic carboxylic acids is 2. The molecule has 12 heteroatoms. The van der Waals surface area contributed by atoms with Gasteiger partial charge in [-0.2, -0.15) is 0 Å². The van der Waals surface area contributed by atoms with Gasteiger partial charge >= 0.3 is 11.9 Å². The summed E-state index contributed by atoms with van der Waals surface area (Å²) in [6.45, 7) is 1.76. The largest absolute Gasteiger partial charge is 0.478 e. The summed E-state index contributed by atoms with van der Waals surface area (Å²) in [4.78, 5) is 53.3. The van der Waals surface area contributed by atoms with Gasteiger partial charge in [0.05, 0.1) is 27.6 Å². The number of nitrogens with zero attached hydrogens (tertiary/aromatic N) is 1. The fraction of sp³-hybridized carbons (Fsp3) is 0.0741. The third kappa shape index (κ3) is 7.02. The zero-order chi connectivity index (χ0) is 28.1. The second kappa shape index (κ2) is 12.1. The highest BCUT2D eigenvalue weighted by atomic mass is 35.5. The Hall–Kier alpha value is -4.19. The Bertz CT molecular complexity index is 1550. The summed E-state index contributed by atoms with van der Waals surface area (Å²) in [6.07, 6.45) is 0. The van der Waals surface area contributed by atoms with Crippen LogP contribution in [0.15, 0.2) is 77.0 Å². The molecular formula is C27H20ClN3O6S2. The van der Waals surface area contributed by atoms with Crippen molar-refractivity contribution in [3.63, 3.8) is 0 Å². The van der Waals surface area contributed by atoms with E-state index in [4.69, 9.17) is 16.7 Å². The number of nitrogens with one attached hydrogen (secondary N) is 2. The molecule has 4 rings (SSSR count). The average Bonchev–Trinajstić information content (AvgIpc) is 3.38. The number of halogens is 1. The number of hydrogen-bond donors (Lipinski definition) is 4. The summed E-state index contributed by atoms with van der Waals surface area (Å²) in [5.41, 5.74) is 1.20. The van der Waals surface area contributed by atoms with Gasteiger partial charge in [0.2, 0.25) is 5.91 Å². The SMILES string of the molecule is CC(Sc1ccc(NC(=O)c2ccc(C(=O)O)cc2C(=O)O)cc1)C(=O)Nc1nc(-c2ccc(Cl)cc2)cs1. The number of carboxylic acid groups (broad SMARTS) is 2. The summed E-state index contributed by atoms with van der Waals surface area (Å²) >= 11 is 8.56. The normalized spacial score (nSPS) is 11.4. The summed E-state index contributed by atoms with van der Waals surface area (Å²) in [7, 11) is 0. The number of carbonyl (C=O) groups is 4. The number of carbonyl (C=O) groups excluding carboxylic acids is 2. The third-order valence-electron chi connectivity index (χ3n) is 5.41. The molecule has 3 aromatic carbocycles. The Kier molecular flexibility index (Phi) is 8.65. The molecule has 2 amide bonds. The van der Waals surface area contributed by atoms with Gasteiger partial charge in [-0.25, -0.2) is 14.6 Å². The number of benzene rings is 3. The van der Waals surface area contributed by atoms with E-state index in [1.165, 1.54) is 29.2 Å². The van der Waals surface area contributed by atoms with Crippen molar-refractivity contribution in [1.82, 2.24) is 4.98 Å². The van der Waals surface area contributed by atoms with E-state index in [0.29, 0.717) is 15.8 Å². The summed E-state index contributed by atoms with van der Waals surface area (Å²) in [5, 5.41) is 26.4. The third-order valence-corrected chi connectivity index (χ3v) is 7.53. The van der Waals surface area contributed by atoms with Crippen molar-refractivity contribution < 1.29 is 29.4 Å². The molecule has 1 atom stereocenters. The molecule has 0 saturated heterocycles. The smallest absolute Gasteiger partial charge is 0.336 e. The first kappa shape index (κ1) is 27.8. The molecule has 1 aromatic heterocycles. The molecule has 0 saturated carbocycles. The van der Waals surface area contributed by atoms with Crippen molar-refractivity contribution in [3.8, 4) is 11.3 Å². The lowest BCUT2D eigenvalue weighted by Crippen LogP contribution is -2.22. The molecule has 1 heterocycles. The summed E-state index contributed by atoms with van der Waals surface area (Å²) in [6, 6.07) is 17.2. The standard InChI is InChI=1S/C27H20ClN3O6S2/c1-14(23(32)31-27-30-22(13-38-27)15-2-5-17(28)6-3-15)39-19-9-7-18(8-10-19)29-24(33)20-11-4-16(25(34)35)12-21(20)26(36)37/h2-14H,1H3,(H,29,33)(H,34,35)(H,36,37)(H,30,31,32). The van der Waals surface area contributed by atoms with Crippen molar-refractivity contribution in [1.29, 1.82) is 0 Å². The minimum Gasteiger partial charge on any atom is -0.478 e. The molecule has 0 aliphatic heterocycles. The van der Waals surface area contributed by atoms with E-state index in [-0.39, 0.29) is 17.0 Å². The van der Waals surface area contributed by atoms with Crippen LogP contribution in [0.5, 0.6) is 0 Å². The van der Waals surface area contributed by atoms with Crippen molar-refractivity contribution >= 4 is 69.3 Å². The topological polar surface area (TPSA) is 146 Å². The fourth-order valence-electron chi connectivity index (χ4n) is 3.42. The van der Waals surface area contributed by atoms with Crippen molar-refractivity contribution in [2.75, 3.05) is 10.6 Å². The van der Waals surface area contributed by atoms with Crippen LogP contribution in [0.2, 0.25) is 5.02 Å².